The second-order valence-corrected chi connectivity index (χ2v) is 5.91. The number of imidazole rings is 1. The molecule has 22 heavy (non-hydrogen) atoms. The summed E-state index contributed by atoms with van der Waals surface area (Å²) in [7, 11) is 1.40. The third-order valence-corrected chi connectivity index (χ3v) is 4.69. The zero-order valence-electron chi connectivity index (χ0n) is 12.4. The van der Waals surface area contributed by atoms with Crippen LogP contribution in [0.15, 0.2) is 36.9 Å². The van der Waals surface area contributed by atoms with Gasteiger partial charge in [-0.05, 0) is 36.1 Å². The average Bonchev–Trinajstić information content (AvgIpc) is 3.15. The number of esters is 1. The minimum Gasteiger partial charge on any atom is -0.492 e. The Bertz CT molecular complexity index is 793. The fourth-order valence-electron chi connectivity index (χ4n) is 2.27. The van der Waals surface area contributed by atoms with Gasteiger partial charge in [0.25, 0.3) is 0 Å². The first-order chi connectivity index (χ1) is 10.7. The second kappa shape index (κ2) is 6.19. The Morgan fingerprint density at radius 3 is 3.00 bits per heavy atom. The summed E-state index contributed by atoms with van der Waals surface area (Å²) in [4.78, 5) is 16.4. The Labute approximate surface area is 132 Å². The highest BCUT2D eigenvalue weighted by atomic mass is 32.1. The number of nitrogens with zero attached hydrogens (tertiary/aromatic N) is 2. The first kappa shape index (κ1) is 14.6. The molecular formula is C16H16N2O3S. The summed E-state index contributed by atoms with van der Waals surface area (Å²) in [6.45, 7) is 3.25. The number of fused-ring (bicyclic) bond motifs is 1. The lowest BCUT2D eigenvalue weighted by Crippen LogP contribution is -2.06. The van der Waals surface area contributed by atoms with Crippen LogP contribution in [0.5, 0.6) is 5.75 Å². The van der Waals surface area contributed by atoms with E-state index >= 15 is 0 Å². The van der Waals surface area contributed by atoms with E-state index in [1.165, 1.54) is 18.4 Å². The van der Waals surface area contributed by atoms with Crippen LogP contribution in [0.25, 0.3) is 10.1 Å². The molecule has 6 heteroatoms. The second-order valence-electron chi connectivity index (χ2n) is 4.85. The number of hydrogen-bond acceptors (Lipinski definition) is 5. The minimum atomic E-state index is -0.290. The summed E-state index contributed by atoms with van der Waals surface area (Å²) in [6, 6.07) is 5.88. The summed E-state index contributed by atoms with van der Waals surface area (Å²) < 4.78 is 13.6. The van der Waals surface area contributed by atoms with Gasteiger partial charge in [0, 0.05) is 17.1 Å². The molecule has 0 bridgehead atoms. The topological polar surface area (TPSA) is 53.4 Å². The predicted molar refractivity (Wildman–Crippen MR) is 85.6 cm³/mol. The Balaban J connectivity index is 1.76. The molecule has 3 rings (SSSR count). The Kier molecular flexibility index (Phi) is 4.11. The molecule has 0 saturated heterocycles. The molecule has 0 saturated carbocycles. The van der Waals surface area contributed by atoms with Crippen molar-refractivity contribution in [3.63, 3.8) is 0 Å². The molecule has 2 aromatic heterocycles. The smallest absolute Gasteiger partial charge is 0.348 e. The molecule has 0 spiro atoms. The molecule has 3 aromatic rings. The van der Waals surface area contributed by atoms with E-state index < -0.39 is 0 Å². The van der Waals surface area contributed by atoms with Crippen LogP contribution < -0.4 is 4.74 Å². The SMILES string of the molecule is COC(=O)c1sc2cc(OCCn3ccnc3)ccc2c1C. The van der Waals surface area contributed by atoms with E-state index in [1.54, 1.807) is 12.5 Å². The number of hydrogen-bond donors (Lipinski definition) is 0. The molecule has 0 aliphatic carbocycles. The molecule has 0 aliphatic heterocycles. The van der Waals surface area contributed by atoms with Gasteiger partial charge in [0.15, 0.2) is 0 Å². The van der Waals surface area contributed by atoms with E-state index in [2.05, 4.69) is 4.98 Å². The molecule has 0 unspecified atom stereocenters. The Morgan fingerprint density at radius 1 is 1.41 bits per heavy atom. The molecule has 0 N–H and O–H groups in total. The van der Waals surface area contributed by atoms with Gasteiger partial charge in [-0.25, -0.2) is 9.78 Å². The third-order valence-electron chi connectivity index (χ3n) is 3.46. The first-order valence-corrected chi connectivity index (χ1v) is 7.70. The maximum absolute atomic E-state index is 11.7. The zero-order valence-corrected chi connectivity index (χ0v) is 13.2. The van der Waals surface area contributed by atoms with Crippen molar-refractivity contribution >= 4 is 27.4 Å². The quantitative estimate of drug-likeness (QED) is 0.678. The standard InChI is InChI=1S/C16H16N2O3S/c1-11-13-4-3-12(21-8-7-18-6-5-17-10-18)9-14(13)22-15(11)16(19)20-2/h3-6,9-10H,7-8H2,1-2H3. The van der Waals surface area contributed by atoms with Gasteiger partial charge >= 0.3 is 5.97 Å². The molecule has 0 fully saturated rings. The van der Waals surface area contributed by atoms with Crippen molar-refractivity contribution in [1.29, 1.82) is 0 Å². The van der Waals surface area contributed by atoms with E-state index in [1.807, 2.05) is 35.9 Å². The molecule has 5 nitrogen and oxygen atoms in total. The van der Waals surface area contributed by atoms with Crippen LogP contribution >= 0.6 is 11.3 Å². The van der Waals surface area contributed by atoms with Crippen LogP contribution in [0.3, 0.4) is 0 Å². The number of rotatable bonds is 5. The number of aromatic nitrogens is 2. The van der Waals surface area contributed by atoms with Gasteiger partial charge in [0.05, 0.1) is 20.0 Å². The number of carbonyl (C=O) groups is 1. The first-order valence-electron chi connectivity index (χ1n) is 6.89. The average molecular weight is 316 g/mol. The van der Waals surface area contributed by atoms with Gasteiger partial charge in [-0.1, -0.05) is 0 Å². The molecule has 0 radical (unpaired) electrons. The van der Waals surface area contributed by atoms with E-state index in [0.717, 1.165) is 27.9 Å². The maximum Gasteiger partial charge on any atom is 0.348 e. The van der Waals surface area contributed by atoms with Crippen molar-refractivity contribution in [3.8, 4) is 5.75 Å². The van der Waals surface area contributed by atoms with E-state index in [9.17, 15) is 4.79 Å². The van der Waals surface area contributed by atoms with Gasteiger partial charge in [-0.15, -0.1) is 11.3 Å². The lowest BCUT2D eigenvalue weighted by molar-refractivity contribution is 0.0605. The number of ether oxygens (including phenoxy) is 2. The van der Waals surface area contributed by atoms with E-state index in [4.69, 9.17) is 9.47 Å². The van der Waals surface area contributed by atoms with Gasteiger partial charge < -0.3 is 14.0 Å². The fourth-order valence-corrected chi connectivity index (χ4v) is 3.43. The highest BCUT2D eigenvalue weighted by molar-refractivity contribution is 7.21. The Hall–Kier alpha value is -2.34. The normalized spacial score (nSPS) is 10.8. The van der Waals surface area contributed by atoms with Crippen molar-refractivity contribution < 1.29 is 14.3 Å². The lowest BCUT2D eigenvalue weighted by atomic mass is 10.1. The van der Waals surface area contributed by atoms with Crippen LogP contribution in [0, 0.1) is 6.92 Å². The maximum atomic E-state index is 11.7. The van der Waals surface area contributed by atoms with Gasteiger partial charge in [-0.2, -0.15) is 0 Å². The fraction of sp³-hybridized carbons (Fsp3) is 0.250. The zero-order chi connectivity index (χ0) is 15.5. The van der Waals surface area contributed by atoms with E-state index in [-0.39, 0.29) is 5.97 Å². The summed E-state index contributed by atoms with van der Waals surface area (Å²) in [6.07, 6.45) is 5.41. The largest absolute Gasteiger partial charge is 0.492 e. The van der Waals surface area contributed by atoms with Crippen LogP contribution in [-0.2, 0) is 11.3 Å². The van der Waals surface area contributed by atoms with Crippen LogP contribution in [0.2, 0.25) is 0 Å². The van der Waals surface area contributed by atoms with Crippen LogP contribution in [-0.4, -0.2) is 29.2 Å². The highest BCUT2D eigenvalue weighted by Gasteiger charge is 2.16. The number of methoxy groups -OCH3 is 1. The Morgan fingerprint density at radius 2 is 2.27 bits per heavy atom. The summed E-state index contributed by atoms with van der Waals surface area (Å²) in [5, 5.41) is 1.06. The lowest BCUT2D eigenvalue weighted by Gasteiger charge is -2.06. The number of thiophene rings is 1. The van der Waals surface area contributed by atoms with Gasteiger partial charge in [0.2, 0.25) is 0 Å². The van der Waals surface area contributed by atoms with Crippen molar-refractivity contribution in [2.45, 2.75) is 13.5 Å². The third kappa shape index (κ3) is 2.82. The molecule has 2 heterocycles. The molecule has 114 valence electrons. The van der Waals surface area contributed by atoms with Gasteiger partial charge in [0.1, 0.15) is 17.2 Å². The van der Waals surface area contributed by atoms with Crippen molar-refractivity contribution in [3.05, 3.63) is 47.4 Å². The number of carbonyl (C=O) groups excluding carboxylic acids is 1. The minimum absolute atomic E-state index is 0.290. The van der Waals surface area contributed by atoms with Crippen LogP contribution in [0.1, 0.15) is 15.2 Å². The molecular weight excluding hydrogens is 300 g/mol. The molecule has 1 aromatic carbocycles. The molecule has 0 atom stereocenters. The molecule has 0 amide bonds. The van der Waals surface area contributed by atoms with Crippen molar-refractivity contribution in [1.82, 2.24) is 9.55 Å². The monoisotopic (exact) mass is 316 g/mol. The van der Waals surface area contributed by atoms with Crippen molar-refractivity contribution in [2.75, 3.05) is 13.7 Å². The number of benzene rings is 1. The van der Waals surface area contributed by atoms with E-state index in [0.29, 0.717) is 11.5 Å². The van der Waals surface area contributed by atoms with Crippen LogP contribution in [0.4, 0.5) is 0 Å². The molecule has 0 aliphatic rings. The summed E-state index contributed by atoms with van der Waals surface area (Å²) in [5.74, 6) is 0.506. The highest BCUT2D eigenvalue weighted by Crippen LogP contribution is 2.33. The number of aryl methyl sites for hydroxylation is 1. The summed E-state index contributed by atoms with van der Waals surface area (Å²) >= 11 is 1.43. The predicted octanol–water partition coefficient (Wildman–Crippen LogP) is 3.27. The van der Waals surface area contributed by atoms with Crippen molar-refractivity contribution in [2.24, 2.45) is 0 Å². The van der Waals surface area contributed by atoms with Gasteiger partial charge in [-0.3, -0.25) is 0 Å². The summed E-state index contributed by atoms with van der Waals surface area (Å²) in [5.41, 5.74) is 0.955.